The Morgan fingerprint density at radius 3 is 2.70 bits per heavy atom. The van der Waals surface area contributed by atoms with Crippen LogP contribution >= 0.6 is 0 Å². The van der Waals surface area contributed by atoms with Gasteiger partial charge in [-0.15, -0.1) is 0 Å². The molecule has 0 amide bonds. The highest BCUT2D eigenvalue weighted by Crippen LogP contribution is 1.74. The molecule has 0 rings (SSSR count). The summed E-state index contributed by atoms with van der Waals surface area (Å²) in [5, 5.41) is 11.4. The molecule has 3 heteroatoms. The van der Waals surface area contributed by atoms with E-state index in [9.17, 15) is 0 Å². The predicted molar refractivity (Wildman–Crippen MR) is 42.8 cm³/mol. The highest BCUT2D eigenvalue weighted by molar-refractivity contribution is 4.80. The molecule has 0 aliphatic rings. The fourth-order valence-corrected chi connectivity index (χ4v) is 0.528. The number of nitrogens with zero attached hydrogens (tertiary/aromatic N) is 1. The third-order valence-electron chi connectivity index (χ3n) is 0.954. The van der Waals surface area contributed by atoms with Gasteiger partial charge in [-0.25, -0.2) is 0 Å². The van der Waals surface area contributed by atoms with Gasteiger partial charge in [0.15, 0.2) is 0 Å². The van der Waals surface area contributed by atoms with E-state index in [1.54, 1.807) is 0 Å². The first-order valence-electron chi connectivity index (χ1n) is 3.42. The first-order chi connectivity index (χ1) is 4.77. The Hall–Kier alpha value is -0.540. The maximum Gasteiger partial charge on any atom is 0.0556 e. The van der Waals surface area contributed by atoms with Crippen LogP contribution in [0.25, 0.3) is 0 Å². The van der Waals surface area contributed by atoms with Crippen LogP contribution in [0, 0.1) is 0 Å². The average molecular weight is 144 g/mol. The summed E-state index contributed by atoms with van der Waals surface area (Å²) >= 11 is 0. The maximum atomic E-state index is 8.38. The molecular formula is C7H16N2O. The van der Waals surface area contributed by atoms with Crippen molar-refractivity contribution < 1.29 is 5.11 Å². The van der Waals surface area contributed by atoms with Gasteiger partial charge in [0, 0.05) is 27.2 Å². The minimum Gasteiger partial charge on any atom is -0.395 e. The first kappa shape index (κ1) is 9.46. The van der Waals surface area contributed by atoms with Gasteiger partial charge in [-0.2, -0.15) is 0 Å². The van der Waals surface area contributed by atoms with Gasteiger partial charge in [-0.3, -0.25) is 0 Å². The van der Waals surface area contributed by atoms with E-state index < -0.39 is 0 Å². The highest BCUT2D eigenvalue weighted by Gasteiger charge is 1.79. The molecule has 2 N–H and O–H groups in total. The molecule has 0 aromatic rings. The molecule has 60 valence electrons. The van der Waals surface area contributed by atoms with Crippen molar-refractivity contribution >= 4 is 0 Å². The monoisotopic (exact) mass is 144 g/mol. The standard InChI is InChI=1S/C7H16N2O/c1-9(2)6-3-4-8-5-7-10/h3,6,8,10H,4-5,7H2,1-2H3. The van der Waals surface area contributed by atoms with E-state index in [-0.39, 0.29) is 6.61 Å². The van der Waals surface area contributed by atoms with E-state index in [2.05, 4.69) is 5.32 Å². The maximum absolute atomic E-state index is 8.38. The Kier molecular flexibility index (Phi) is 6.22. The minimum absolute atomic E-state index is 0.204. The molecule has 10 heavy (non-hydrogen) atoms. The van der Waals surface area contributed by atoms with Gasteiger partial charge in [0.1, 0.15) is 0 Å². The summed E-state index contributed by atoms with van der Waals surface area (Å²) < 4.78 is 0. The molecular weight excluding hydrogens is 128 g/mol. The number of rotatable bonds is 5. The lowest BCUT2D eigenvalue weighted by Crippen LogP contribution is -2.18. The number of aliphatic hydroxyl groups is 1. The molecule has 0 unspecified atom stereocenters. The molecule has 0 saturated heterocycles. The van der Waals surface area contributed by atoms with Gasteiger partial charge < -0.3 is 15.3 Å². The highest BCUT2D eigenvalue weighted by atomic mass is 16.3. The summed E-state index contributed by atoms with van der Waals surface area (Å²) in [4.78, 5) is 1.97. The molecule has 0 aromatic carbocycles. The molecule has 0 radical (unpaired) electrons. The molecule has 0 aliphatic heterocycles. The number of hydrogen-bond donors (Lipinski definition) is 2. The van der Waals surface area contributed by atoms with Crippen LogP contribution in [-0.4, -0.2) is 43.8 Å². The van der Waals surface area contributed by atoms with Crippen molar-refractivity contribution in [2.24, 2.45) is 0 Å². The number of aliphatic hydroxyl groups excluding tert-OH is 1. The Balaban J connectivity index is 3.02. The van der Waals surface area contributed by atoms with Crippen molar-refractivity contribution in [2.45, 2.75) is 0 Å². The molecule has 0 bridgehead atoms. The summed E-state index contributed by atoms with van der Waals surface area (Å²) in [6.07, 6.45) is 3.99. The quantitative estimate of drug-likeness (QED) is 0.517. The van der Waals surface area contributed by atoms with Crippen LogP contribution in [0.2, 0.25) is 0 Å². The Morgan fingerprint density at radius 2 is 2.20 bits per heavy atom. The minimum atomic E-state index is 0.204. The van der Waals surface area contributed by atoms with Crippen molar-refractivity contribution in [1.29, 1.82) is 0 Å². The number of hydrogen-bond acceptors (Lipinski definition) is 3. The van der Waals surface area contributed by atoms with Crippen LogP contribution in [0.3, 0.4) is 0 Å². The van der Waals surface area contributed by atoms with Crippen LogP contribution in [-0.2, 0) is 0 Å². The zero-order valence-electron chi connectivity index (χ0n) is 6.67. The van der Waals surface area contributed by atoms with Crippen molar-refractivity contribution in [2.75, 3.05) is 33.8 Å². The zero-order chi connectivity index (χ0) is 7.82. The summed E-state index contributed by atoms with van der Waals surface area (Å²) in [5.41, 5.74) is 0. The molecule has 0 aromatic heterocycles. The molecule has 0 atom stereocenters. The van der Waals surface area contributed by atoms with Crippen molar-refractivity contribution in [3.8, 4) is 0 Å². The van der Waals surface area contributed by atoms with E-state index in [1.165, 1.54) is 0 Å². The molecule has 0 fully saturated rings. The van der Waals surface area contributed by atoms with Crippen LogP contribution in [0.4, 0.5) is 0 Å². The van der Waals surface area contributed by atoms with Crippen LogP contribution < -0.4 is 5.32 Å². The topological polar surface area (TPSA) is 35.5 Å². The lowest BCUT2D eigenvalue weighted by atomic mass is 10.5. The second-order valence-electron chi connectivity index (χ2n) is 2.28. The SMILES string of the molecule is CN(C)C=CCNCCO. The van der Waals surface area contributed by atoms with E-state index >= 15 is 0 Å². The molecule has 0 spiro atoms. The van der Waals surface area contributed by atoms with Gasteiger partial charge in [0.05, 0.1) is 6.61 Å². The second kappa shape index (κ2) is 6.58. The Labute approximate surface area is 62.3 Å². The van der Waals surface area contributed by atoms with Gasteiger partial charge in [0.25, 0.3) is 0 Å². The van der Waals surface area contributed by atoms with Gasteiger partial charge >= 0.3 is 0 Å². The van der Waals surface area contributed by atoms with Gasteiger partial charge in [-0.1, -0.05) is 6.08 Å². The summed E-state index contributed by atoms with van der Waals surface area (Å²) in [5.74, 6) is 0. The van der Waals surface area contributed by atoms with Crippen molar-refractivity contribution in [3.63, 3.8) is 0 Å². The van der Waals surface area contributed by atoms with Gasteiger partial charge in [0.2, 0.25) is 0 Å². The summed E-state index contributed by atoms with van der Waals surface area (Å²) in [6, 6.07) is 0. The molecule has 0 heterocycles. The van der Waals surface area contributed by atoms with Crippen LogP contribution in [0.15, 0.2) is 12.3 Å². The third kappa shape index (κ3) is 7.46. The molecule has 0 aliphatic carbocycles. The van der Waals surface area contributed by atoms with E-state index in [0.29, 0.717) is 6.54 Å². The van der Waals surface area contributed by atoms with E-state index in [0.717, 1.165) is 6.54 Å². The number of nitrogens with one attached hydrogen (secondary N) is 1. The van der Waals surface area contributed by atoms with Crippen molar-refractivity contribution in [3.05, 3.63) is 12.3 Å². The Morgan fingerprint density at radius 1 is 1.50 bits per heavy atom. The Bertz CT molecular complexity index is 91.6. The summed E-state index contributed by atoms with van der Waals surface area (Å²) in [7, 11) is 3.95. The average Bonchev–Trinajstić information content (AvgIpc) is 1.87. The lowest BCUT2D eigenvalue weighted by Gasteiger charge is -2.03. The molecule has 3 nitrogen and oxygen atoms in total. The lowest BCUT2D eigenvalue weighted by molar-refractivity contribution is 0.294. The van der Waals surface area contributed by atoms with E-state index in [4.69, 9.17) is 5.11 Å². The zero-order valence-corrected chi connectivity index (χ0v) is 6.67. The third-order valence-corrected chi connectivity index (χ3v) is 0.954. The van der Waals surface area contributed by atoms with Gasteiger partial charge in [-0.05, 0) is 6.20 Å². The fraction of sp³-hybridized carbons (Fsp3) is 0.714. The van der Waals surface area contributed by atoms with Crippen LogP contribution in [0.1, 0.15) is 0 Å². The van der Waals surface area contributed by atoms with Crippen molar-refractivity contribution in [1.82, 2.24) is 10.2 Å². The normalized spacial score (nSPS) is 10.7. The fourth-order valence-electron chi connectivity index (χ4n) is 0.528. The van der Waals surface area contributed by atoms with Crippen LogP contribution in [0.5, 0.6) is 0 Å². The second-order valence-corrected chi connectivity index (χ2v) is 2.28. The molecule has 0 saturated carbocycles. The predicted octanol–water partition coefficient (Wildman–Crippen LogP) is -0.356. The smallest absolute Gasteiger partial charge is 0.0556 e. The first-order valence-corrected chi connectivity index (χ1v) is 3.42. The van der Waals surface area contributed by atoms with E-state index in [1.807, 2.05) is 31.3 Å². The summed E-state index contributed by atoms with van der Waals surface area (Å²) in [6.45, 7) is 1.69. The largest absolute Gasteiger partial charge is 0.395 e.